The number of nitrogens with zero attached hydrogens (tertiary/aromatic N) is 1. The lowest BCUT2D eigenvalue weighted by molar-refractivity contribution is 0.0889. The van der Waals surface area contributed by atoms with Crippen LogP contribution < -0.4 is 0 Å². The average molecular weight is 245 g/mol. The van der Waals surface area contributed by atoms with Crippen LogP contribution in [0.4, 0.5) is 0 Å². The van der Waals surface area contributed by atoms with Gasteiger partial charge in [0.05, 0.1) is 6.54 Å². The SMILES string of the molecule is CCC1CCC(C)N1CC(=O)c1cccc(C)c1. The fraction of sp³-hybridized carbons (Fsp3) is 0.562. The Hall–Kier alpha value is -1.15. The molecular weight excluding hydrogens is 222 g/mol. The number of Topliss-reactive ketones (excluding diaryl/α,β-unsaturated/α-hetero) is 1. The second-order valence-corrected chi connectivity index (χ2v) is 5.45. The zero-order valence-corrected chi connectivity index (χ0v) is 11.6. The lowest BCUT2D eigenvalue weighted by atomic mass is 10.1. The monoisotopic (exact) mass is 245 g/mol. The summed E-state index contributed by atoms with van der Waals surface area (Å²) in [5, 5.41) is 0. The van der Waals surface area contributed by atoms with Crippen LogP contribution in [0.25, 0.3) is 0 Å². The van der Waals surface area contributed by atoms with Gasteiger partial charge in [0.2, 0.25) is 0 Å². The molecule has 1 aliphatic heterocycles. The Morgan fingerprint density at radius 2 is 2.17 bits per heavy atom. The van der Waals surface area contributed by atoms with Crippen LogP contribution in [-0.4, -0.2) is 29.3 Å². The summed E-state index contributed by atoms with van der Waals surface area (Å²) < 4.78 is 0. The Morgan fingerprint density at radius 3 is 2.83 bits per heavy atom. The lowest BCUT2D eigenvalue weighted by Crippen LogP contribution is -2.38. The highest BCUT2D eigenvalue weighted by molar-refractivity contribution is 5.97. The van der Waals surface area contributed by atoms with Crippen LogP contribution in [0.15, 0.2) is 24.3 Å². The van der Waals surface area contributed by atoms with E-state index in [0.29, 0.717) is 18.6 Å². The van der Waals surface area contributed by atoms with Crippen molar-refractivity contribution in [1.29, 1.82) is 0 Å². The van der Waals surface area contributed by atoms with Crippen LogP contribution in [0.5, 0.6) is 0 Å². The number of carbonyl (C=O) groups excluding carboxylic acids is 1. The predicted octanol–water partition coefficient (Wildman–Crippen LogP) is 3.44. The molecule has 1 saturated heterocycles. The highest BCUT2D eigenvalue weighted by atomic mass is 16.1. The van der Waals surface area contributed by atoms with Gasteiger partial charge in [-0.2, -0.15) is 0 Å². The normalized spacial score (nSPS) is 24.4. The van der Waals surface area contributed by atoms with E-state index < -0.39 is 0 Å². The summed E-state index contributed by atoms with van der Waals surface area (Å²) >= 11 is 0. The molecule has 2 nitrogen and oxygen atoms in total. The maximum Gasteiger partial charge on any atom is 0.176 e. The molecule has 1 aromatic rings. The van der Waals surface area contributed by atoms with Crippen molar-refractivity contribution in [2.75, 3.05) is 6.54 Å². The van der Waals surface area contributed by atoms with Gasteiger partial charge in [0.25, 0.3) is 0 Å². The summed E-state index contributed by atoms with van der Waals surface area (Å²) in [6, 6.07) is 9.05. The molecule has 1 fully saturated rings. The van der Waals surface area contributed by atoms with Crippen molar-refractivity contribution >= 4 is 5.78 Å². The van der Waals surface area contributed by atoms with Crippen LogP contribution in [0.1, 0.15) is 49.0 Å². The first-order valence-electron chi connectivity index (χ1n) is 6.97. The van der Waals surface area contributed by atoms with Crippen molar-refractivity contribution in [2.24, 2.45) is 0 Å². The predicted molar refractivity (Wildman–Crippen MR) is 75.0 cm³/mol. The molecule has 18 heavy (non-hydrogen) atoms. The number of carbonyl (C=O) groups is 1. The van der Waals surface area contributed by atoms with E-state index in [2.05, 4.69) is 18.7 Å². The number of aryl methyl sites for hydroxylation is 1. The Labute approximate surface area is 110 Å². The first kappa shape index (κ1) is 13.3. The number of rotatable bonds is 4. The molecule has 0 aromatic heterocycles. The van der Waals surface area contributed by atoms with Gasteiger partial charge in [-0.15, -0.1) is 0 Å². The van der Waals surface area contributed by atoms with E-state index >= 15 is 0 Å². The summed E-state index contributed by atoms with van der Waals surface area (Å²) in [4.78, 5) is 14.7. The molecule has 2 unspecified atom stereocenters. The molecule has 0 amide bonds. The maximum atomic E-state index is 12.3. The Kier molecular flexibility index (Phi) is 4.18. The van der Waals surface area contributed by atoms with E-state index in [0.717, 1.165) is 17.5 Å². The third-order valence-corrected chi connectivity index (χ3v) is 4.09. The first-order valence-corrected chi connectivity index (χ1v) is 6.97. The molecule has 98 valence electrons. The van der Waals surface area contributed by atoms with E-state index in [-0.39, 0.29) is 5.78 Å². The molecule has 1 aromatic carbocycles. The first-order chi connectivity index (χ1) is 8.61. The Morgan fingerprint density at radius 1 is 1.39 bits per heavy atom. The minimum atomic E-state index is 0.255. The molecule has 0 spiro atoms. The van der Waals surface area contributed by atoms with Crippen molar-refractivity contribution in [3.63, 3.8) is 0 Å². The summed E-state index contributed by atoms with van der Waals surface area (Å²) in [5.41, 5.74) is 2.01. The summed E-state index contributed by atoms with van der Waals surface area (Å²) in [6.45, 7) is 7.05. The Balaban J connectivity index is 2.07. The fourth-order valence-electron chi connectivity index (χ4n) is 2.92. The minimum absolute atomic E-state index is 0.255. The molecule has 0 N–H and O–H groups in total. The summed E-state index contributed by atoms with van der Waals surface area (Å²) in [7, 11) is 0. The van der Waals surface area contributed by atoms with Gasteiger partial charge in [-0.25, -0.2) is 0 Å². The van der Waals surface area contributed by atoms with Crippen LogP contribution in [0.2, 0.25) is 0 Å². The smallest absolute Gasteiger partial charge is 0.176 e. The molecule has 2 rings (SSSR count). The van der Waals surface area contributed by atoms with Gasteiger partial charge in [-0.1, -0.05) is 30.7 Å². The highest BCUT2D eigenvalue weighted by Gasteiger charge is 2.30. The van der Waals surface area contributed by atoms with E-state index in [4.69, 9.17) is 0 Å². The molecule has 1 aliphatic rings. The number of hydrogen-bond acceptors (Lipinski definition) is 2. The standard InChI is InChI=1S/C16H23NO/c1-4-15-9-8-13(3)17(15)11-16(18)14-7-5-6-12(2)10-14/h5-7,10,13,15H,4,8-9,11H2,1-3H3. The number of hydrogen-bond donors (Lipinski definition) is 0. The van der Waals surface area contributed by atoms with E-state index in [9.17, 15) is 4.79 Å². The zero-order valence-electron chi connectivity index (χ0n) is 11.6. The number of likely N-dealkylation sites (tertiary alicyclic amines) is 1. The second kappa shape index (κ2) is 5.66. The van der Waals surface area contributed by atoms with Gasteiger partial charge >= 0.3 is 0 Å². The third kappa shape index (κ3) is 2.81. The minimum Gasteiger partial charge on any atom is -0.293 e. The van der Waals surface area contributed by atoms with Crippen LogP contribution in [0.3, 0.4) is 0 Å². The maximum absolute atomic E-state index is 12.3. The van der Waals surface area contributed by atoms with E-state index in [1.54, 1.807) is 0 Å². The molecule has 0 saturated carbocycles. The fourth-order valence-corrected chi connectivity index (χ4v) is 2.92. The van der Waals surface area contributed by atoms with Gasteiger partial charge in [0.1, 0.15) is 0 Å². The average Bonchev–Trinajstić information content (AvgIpc) is 2.70. The van der Waals surface area contributed by atoms with Gasteiger partial charge in [0.15, 0.2) is 5.78 Å². The quantitative estimate of drug-likeness (QED) is 0.757. The van der Waals surface area contributed by atoms with E-state index in [1.807, 2.05) is 31.2 Å². The van der Waals surface area contributed by atoms with Crippen LogP contribution in [0, 0.1) is 6.92 Å². The third-order valence-electron chi connectivity index (χ3n) is 4.09. The van der Waals surface area contributed by atoms with Gasteiger partial charge < -0.3 is 0 Å². The molecule has 2 heteroatoms. The molecular formula is C16H23NO. The molecule has 0 radical (unpaired) electrons. The molecule has 0 aliphatic carbocycles. The molecule has 1 heterocycles. The molecule has 0 bridgehead atoms. The zero-order chi connectivity index (χ0) is 13.1. The van der Waals surface area contributed by atoms with E-state index in [1.165, 1.54) is 12.8 Å². The largest absolute Gasteiger partial charge is 0.293 e. The summed E-state index contributed by atoms with van der Waals surface area (Å²) in [5.74, 6) is 0.255. The van der Waals surface area contributed by atoms with Gasteiger partial charge in [0, 0.05) is 17.6 Å². The topological polar surface area (TPSA) is 20.3 Å². The van der Waals surface area contributed by atoms with Gasteiger partial charge in [-0.3, -0.25) is 9.69 Å². The van der Waals surface area contributed by atoms with Crippen molar-refractivity contribution < 1.29 is 4.79 Å². The van der Waals surface area contributed by atoms with Crippen molar-refractivity contribution in [3.8, 4) is 0 Å². The second-order valence-electron chi connectivity index (χ2n) is 5.45. The van der Waals surface area contributed by atoms with Crippen LogP contribution in [-0.2, 0) is 0 Å². The van der Waals surface area contributed by atoms with Crippen LogP contribution >= 0.6 is 0 Å². The highest BCUT2D eigenvalue weighted by Crippen LogP contribution is 2.26. The van der Waals surface area contributed by atoms with Crippen molar-refractivity contribution in [3.05, 3.63) is 35.4 Å². The lowest BCUT2D eigenvalue weighted by Gasteiger charge is -2.26. The Bertz CT molecular complexity index is 427. The summed E-state index contributed by atoms with van der Waals surface area (Å²) in [6.07, 6.45) is 3.60. The number of ketones is 1. The van der Waals surface area contributed by atoms with Crippen molar-refractivity contribution in [2.45, 2.75) is 52.1 Å². The molecule has 2 atom stereocenters. The number of benzene rings is 1. The van der Waals surface area contributed by atoms with Crippen molar-refractivity contribution in [1.82, 2.24) is 4.90 Å². The van der Waals surface area contributed by atoms with Gasteiger partial charge in [-0.05, 0) is 39.2 Å².